The number of rotatable bonds is 3. The predicted octanol–water partition coefficient (Wildman–Crippen LogP) is 3.80. The normalized spacial score (nSPS) is 18.5. The van der Waals surface area contributed by atoms with E-state index in [4.69, 9.17) is 16.3 Å². The van der Waals surface area contributed by atoms with E-state index in [9.17, 15) is 0 Å². The number of thiazole rings is 1. The van der Waals surface area contributed by atoms with Crippen molar-refractivity contribution in [2.45, 2.75) is 25.4 Å². The number of fused-ring (bicyclic) bond motifs is 1. The van der Waals surface area contributed by atoms with E-state index in [0.717, 1.165) is 42.5 Å². The first-order valence-electron chi connectivity index (χ1n) is 6.35. The number of hydrogen-bond donors (Lipinski definition) is 1. The minimum Gasteiger partial charge on any atom is -0.493 e. The van der Waals surface area contributed by atoms with Crippen LogP contribution in [0.15, 0.2) is 29.1 Å². The Morgan fingerprint density at radius 2 is 2.42 bits per heavy atom. The Bertz CT molecular complexity index is 544. The van der Waals surface area contributed by atoms with Gasteiger partial charge in [0.2, 0.25) is 0 Å². The first-order chi connectivity index (χ1) is 9.33. The van der Waals surface area contributed by atoms with Gasteiger partial charge in [0, 0.05) is 28.6 Å². The first kappa shape index (κ1) is 12.9. The average molecular weight is 295 g/mol. The van der Waals surface area contributed by atoms with Gasteiger partial charge in [-0.25, -0.2) is 4.98 Å². The Morgan fingerprint density at radius 1 is 1.47 bits per heavy atom. The number of nitrogens with zero attached hydrogens (tertiary/aromatic N) is 1. The second kappa shape index (κ2) is 5.90. The highest BCUT2D eigenvalue weighted by Gasteiger charge is 2.19. The van der Waals surface area contributed by atoms with E-state index in [-0.39, 0.29) is 0 Å². The quantitative estimate of drug-likeness (QED) is 0.935. The van der Waals surface area contributed by atoms with Crippen LogP contribution < -0.4 is 10.1 Å². The van der Waals surface area contributed by atoms with Gasteiger partial charge in [0.25, 0.3) is 0 Å². The van der Waals surface area contributed by atoms with Crippen LogP contribution in [0.3, 0.4) is 0 Å². The van der Waals surface area contributed by atoms with Gasteiger partial charge in [-0.2, -0.15) is 0 Å². The van der Waals surface area contributed by atoms with Gasteiger partial charge in [0.05, 0.1) is 17.8 Å². The van der Waals surface area contributed by atoms with Crippen LogP contribution in [0.4, 0.5) is 0 Å². The maximum atomic E-state index is 6.03. The van der Waals surface area contributed by atoms with Gasteiger partial charge < -0.3 is 10.1 Å². The van der Waals surface area contributed by atoms with Gasteiger partial charge in [0.1, 0.15) is 5.75 Å². The van der Waals surface area contributed by atoms with E-state index in [1.807, 2.05) is 17.6 Å². The van der Waals surface area contributed by atoms with Crippen LogP contribution in [0.25, 0.3) is 0 Å². The fourth-order valence-electron chi connectivity index (χ4n) is 2.31. The number of benzene rings is 1. The minimum atomic E-state index is 0.302. The number of ether oxygens (including phenoxy) is 1. The van der Waals surface area contributed by atoms with E-state index < -0.39 is 0 Å². The monoisotopic (exact) mass is 294 g/mol. The van der Waals surface area contributed by atoms with Gasteiger partial charge in [0.15, 0.2) is 0 Å². The summed E-state index contributed by atoms with van der Waals surface area (Å²) < 4.78 is 5.76. The van der Waals surface area contributed by atoms with Gasteiger partial charge >= 0.3 is 0 Å². The third-order valence-corrected chi connectivity index (χ3v) is 4.13. The van der Waals surface area contributed by atoms with Crippen molar-refractivity contribution in [2.75, 3.05) is 6.61 Å². The van der Waals surface area contributed by atoms with E-state index in [1.165, 1.54) is 5.56 Å². The summed E-state index contributed by atoms with van der Waals surface area (Å²) in [6, 6.07) is 6.19. The van der Waals surface area contributed by atoms with Crippen molar-refractivity contribution in [2.24, 2.45) is 0 Å². The highest BCUT2D eigenvalue weighted by Crippen LogP contribution is 2.33. The summed E-state index contributed by atoms with van der Waals surface area (Å²) in [6.45, 7) is 1.54. The third kappa shape index (κ3) is 3.08. The summed E-state index contributed by atoms with van der Waals surface area (Å²) in [7, 11) is 0. The average Bonchev–Trinajstić information content (AvgIpc) is 2.84. The van der Waals surface area contributed by atoms with Crippen molar-refractivity contribution < 1.29 is 4.74 Å². The molecule has 1 atom stereocenters. The summed E-state index contributed by atoms with van der Waals surface area (Å²) in [5.41, 5.74) is 4.14. The molecule has 0 radical (unpaired) electrons. The molecule has 1 aliphatic rings. The molecule has 1 aliphatic heterocycles. The first-order valence-corrected chi connectivity index (χ1v) is 7.68. The Hall–Kier alpha value is -1.10. The molecule has 2 heterocycles. The van der Waals surface area contributed by atoms with Crippen molar-refractivity contribution in [1.29, 1.82) is 0 Å². The van der Waals surface area contributed by atoms with Crippen LogP contribution in [-0.4, -0.2) is 11.6 Å². The summed E-state index contributed by atoms with van der Waals surface area (Å²) in [5, 5.41) is 6.35. The van der Waals surface area contributed by atoms with E-state index in [0.29, 0.717) is 6.04 Å². The molecule has 0 aliphatic carbocycles. The largest absolute Gasteiger partial charge is 0.493 e. The SMILES string of the molecule is Clc1ccc2c(c1)OCCC[C@@H]2NCc1cscn1. The lowest BCUT2D eigenvalue weighted by molar-refractivity contribution is 0.315. The molecule has 0 bridgehead atoms. The van der Waals surface area contributed by atoms with Gasteiger partial charge in [-0.1, -0.05) is 17.7 Å². The predicted molar refractivity (Wildman–Crippen MR) is 77.9 cm³/mol. The van der Waals surface area contributed by atoms with Crippen molar-refractivity contribution in [3.8, 4) is 5.75 Å². The molecular formula is C14H15ClN2OS. The zero-order valence-electron chi connectivity index (χ0n) is 10.4. The summed E-state index contributed by atoms with van der Waals surface area (Å²) in [6.07, 6.45) is 2.11. The molecule has 3 nitrogen and oxygen atoms in total. The number of hydrogen-bond acceptors (Lipinski definition) is 4. The molecule has 2 aromatic rings. The molecule has 19 heavy (non-hydrogen) atoms. The standard InChI is InChI=1S/C14H15ClN2OS/c15-10-3-4-12-13(2-1-5-18-14(12)6-10)16-7-11-8-19-9-17-11/h3-4,6,8-9,13,16H,1-2,5,7H2/t13-/m0/s1. The molecular weight excluding hydrogens is 280 g/mol. The lowest BCUT2D eigenvalue weighted by Gasteiger charge is -2.18. The van der Waals surface area contributed by atoms with Gasteiger partial charge in [-0.05, 0) is 25.0 Å². The fraction of sp³-hybridized carbons (Fsp3) is 0.357. The molecule has 100 valence electrons. The molecule has 1 aromatic heterocycles. The van der Waals surface area contributed by atoms with E-state index in [2.05, 4.69) is 21.7 Å². The number of nitrogens with one attached hydrogen (secondary N) is 1. The van der Waals surface area contributed by atoms with Gasteiger partial charge in [-0.3, -0.25) is 0 Å². The molecule has 0 spiro atoms. The number of aromatic nitrogens is 1. The summed E-state index contributed by atoms with van der Waals surface area (Å²) >= 11 is 7.65. The molecule has 5 heteroatoms. The molecule has 0 amide bonds. The Balaban J connectivity index is 1.78. The number of halogens is 1. The van der Waals surface area contributed by atoms with Crippen molar-refractivity contribution in [3.05, 3.63) is 45.4 Å². The highest BCUT2D eigenvalue weighted by atomic mass is 35.5. The smallest absolute Gasteiger partial charge is 0.125 e. The lowest BCUT2D eigenvalue weighted by atomic mass is 10.0. The van der Waals surface area contributed by atoms with E-state index >= 15 is 0 Å². The molecule has 0 saturated heterocycles. The van der Waals surface area contributed by atoms with Crippen LogP contribution >= 0.6 is 22.9 Å². The summed E-state index contributed by atoms with van der Waals surface area (Å²) in [4.78, 5) is 4.30. The molecule has 1 N–H and O–H groups in total. The van der Waals surface area contributed by atoms with Crippen molar-refractivity contribution in [1.82, 2.24) is 10.3 Å². The maximum Gasteiger partial charge on any atom is 0.125 e. The minimum absolute atomic E-state index is 0.302. The Labute approximate surface area is 121 Å². The molecule has 0 unspecified atom stereocenters. The second-order valence-electron chi connectivity index (χ2n) is 4.59. The Kier molecular flexibility index (Phi) is 4.01. The van der Waals surface area contributed by atoms with Gasteiger partial charge in [-0.15, -0.1) is 11.3 Å². The third-order valence-electron chi connectivity index (χ3n) is 3.26. The zero-order valence-corrected chi connectivity index (χ0v) is 12.0. The Morgan fingerprint density at radius 3 is 3.26 bits per heavy atom. The lowest BCUT2D eigenvalue weighted by Crippen LogP contribution is -2.20. The maximum absolute atomic E-state index is 6.03. The molecule has 1 aromatic carbocycles. The summed E-state index contributed by atoms with van der Waals surface area (Å²) in [5.74, 6) is 0.903. The fourth-order valence-corrected chi connectivity index (χ4v) is 3.03. The zero-order chi connectivity index (χ0) is 13.1. The van der Waals surface area contributed by atoms with E-state index in [1.54, 1.807) is 11.3 Å². The van der Waals surface area contributed by atoms with Crippen LogP contribution in [0.2, 0.25) is 5.02 Å². The second-order valence-corrected chi connectivity index (χ2v) is 5.74. The van der Waals surface area contributed by atoms with Crippen LogP contribution in [0.1, 0.15) is 30.1 Å². The van der Waals surface area contributed by atoms with Crippen molar-refractivity contribution in [3.63, 3.8) is 0 Å². The highest BCUT2D eigenvalue weighted by molar-refractivity contribution is 7.07. The molecule has 3 rings (SSSR count). The van der Waals surface area contributed by atoms with Crippen LogP contribution in [-0.2, 0) is 6.54 Å². The van der Waals surface area contributed by atoms with Crippen LogP contribution in [0.5, 0.6) is 5.75 Å². The van der Waals surface area contributed by atoms with Crippen molar-refractivity contribution >= 4 is 22.9 Å². The van der Waals surface area contributed by atoms with Crippen LogP contribution in [0, 0.1) is 0 Å². The molecule has 0 saturated carbocycles. The molecule has 0 fully saturated rings. The topological polar surface area (TPSA) is 34.1 Å².